The van der Waals surface area contributed by atoms with Crippen LogP contribution in [0.3, 0.4) is 0 Å². The minimum Gasteiger partial charge on any atom is -0.316 e. The van der Waals surface area contributed by atoms with Gasteiger partial charge in [-0.15, -0.1) is 0 Å². The SMILES string of the molecule is CNC1CCN(Sc2ccc3ccccc3c2)C1. The van der Waals surface area contributed by atoms with Gasteiger partial charge in [0.05, 0.1) is 0 Å². The average molecular weight is 258 g/mol. The van der Waals surface area contributed by atoms with E-state index in [1.165, 1.54) is 28.6 Å². The lowest BCUT2D eigenvalue weighted by molar-refractivity contribution is 0.542. The van der Waals surface area contributed by atoms with Crippen molar-refractivity contribution in [1.82, 2.24) is 9.62 Å². The molecule has 1 aliphatic rings. The first-order chi connectivity index (χ1) is 8.85. The molecule has 1 unspecified atom stereocenters. The van der Waals surface area contributed by atoms with Gasteiger partial charge in [-0.1, -0.05) is 30.3 Å². The third-order valence-corrected chi connectivity index (χ3v) is 4.57. The highest BCUT2D eigenvalue weighted by Crippen LogP contribution is 2.29. The van der Waals surface area contributed by atoms with Crippen LogP contribution in [-0.2, 0) is 0 Å². The van der Waals surface area contributed by atoms with Crippen molar-refractivity contribution >= 4 is 22.7 Å². The lowest BCUT2D eigenvalue weighted by atomic mass is 10.1. The Bertz CT molecular complexity index is 541. The summed E-state index contributed by atoms with van der Waals surface area (Å²) in [6.45, 7) is 2.30. The van der Waals surface area contributed by atoms with Gasteiger partial charge in [-0.2, -0.15) is 0 Å². The number of nitrogens with one attached hydrogen (secondary N) is 1. The fraction of sp³-hybridized carbons (Fsp3) is 0.333. The van der Waals surface area contributed by atoms with Gasteiger partial charge in [0.15, 0.2) is 0 Å². The second-order valence-corrected chi connectivity index (χ2v) is 5.93. The first-order valence-electron chi connectivity index (χ1n) is 6.44. The van der Waals surface area contributed by atoms with Crippen LogP contribution in [0.1, 0.15) is 6.42 Å². The maximum absolute atomic E-state index is 3.35. The van der Waals surface area contributed by atoms with Crippen molar-refractivity contribution in [2.24, 2.45) is 0 Å². The van der Waals surface area contributed by atoms with Crippen LogP contribution in [-0.4, -0.2) is 30.5 Å². The molecule has 18 heavy (non-hydrogen) atoms. The molecule has 1 N–H and O–H groups in total. The molecular formula is C15H18N2S. The molecule has 0 aliphatic carbocycles. The zero-order valence-corrected chi connectivity index (χ0v) is 11.4. The quantitative estimate of drug-likeness (QED) is 0.852. The first kappa shape index (κ1) is 12.0. The number of fused-ring (bicyclic) bond motifs is 1. The van der Waals surface area contributed by atoms with Gasteiger partial charge in [-0.3, -0.25) is 0 Å². The van der Waals surface area contributed by atoms with Crippen LogP contribution in [0.25, 0.3) is 10.8 Å². The minimum absolute atomic E-state index is 0.651. The number of rotatable bonds is 3. The van der Waals surface area contributed by atoms with Crippen molar-refractivity contribution in [2.45, 2.75) is 17.4 Å². The summed E-state index contributed by atoms with van der Waals surface area (Å²) in [5, 5.41) is 6.00. The van der Waals surface area contributed by atoms with Gasteiger partial charge in [0.25, 0.3) is 0 Å². The largest absolute Gasteiger partial charge is 0.316 e. The van der Waals surface area contributed by atoms with E-state index < -0.39 is 0 Å². The number of hydrogen-bond acceptors (Lipinski definition) is 3. The van der Waals surface area contributed by atoms with Crippen LogP contribution < -0.4 is 5.32 Å². The van der Waals surface area contributed by atoms with E-state index in [1.807, 2.05) is 11.9 Å². The molecule has 0 radical (unpaired) electrons. The molecule has 0 bridgehead atoms. The maximum Gasteiger partial charge on any atom is 0.0247 e. The summed E-state index contributed by atoms with van der Waals surface area (Å²) >= 11 is 1.88. The Labute approximate surface area is 113 Å². The Morgan fingerprint density at radius 1 is 1.17 bits per heavy atom. The van der Waals surface area contributed by atoms with E-state index in [1.54, 1.807) is 0 Å². The standard InChI is InChI=1S/C15H18N2S/c1-16-14-8-9-17(11-14)18-15-7-6-12-4-2-3-5-13(12)10-15/h2-7,10,14,16H,8-9,11H2,1H3. The third-order valence-electron chi connectivity index (χ3n) is 3.51. The zero-order valence-electron chi connectivity index (χ0n) is 10.6. The summed E-state index contributed by atoms with van der Waals surface area (Å²) in [5.41, 5.74) is 0. The van der Waals surface area contributed by atoms with Gasteiger partial charge in [0, 0.05) is 24.0 Å². The van der Waals surface area contributed by atoms with Crippen LogP contribution in [0, 0.1) is 0 Å². The number of benzene rings is 2. The van der Waals surface area contributed by atoms with Crippen molar-refractivity contribution in [3.05, 3.63) is 42.5 Å². The number of hydrogen-bond donors (Lipinski definition) is 1. The maximum atomic E-state index is 3.35. The van der Waals surface area contributed by atoms with Gasteiger partial charge in [0.1, 0.15) is 0 Å². The highest BCUT2D eigenvalue weighted by Gasteiger charge is 2.21. The summed E-state index contributed by atoms with van der Waals surface area (Å²) in [6.07, 6.45) is 1.25. The topological polar surface area (TPSA) is 15.3 Å². The number of nitrogens with zero attached hydrogens (tertiary/aromatic N) is 1. The van der Waals surface area contributed by atoms with Crippen molar-refractivity contribution in [2.75, 3.05) is 20.1 Å². The molecule has 0 saturated carbocycles. The molecule has 2 aromatic rings. The molecular weight excluding hydrogens is 240 g/mol. The van der Waals surface area contributed by atoms with E-state index in [-0.39, 0.29) is 0 Å². The second kappa shape index (κ2) is 5.31. The normalized spacial score (nSPS) is 20.6. The minimum atomic E-state index is 0.651. The Morgan fingerprint density at radius 3 is 2.78 bits per heavy atom. The fourth-order valence-corrected chi connectivity index (χ4v) is 3.48. The van der Waals surface area contributed by atoms with Crippen molar-refractivity contribution < 1.29 is 0 Å². The zero-order chi connectivity index (χ0) is 12.4. The predicted molar refractivity (Wildman–Crippen MR) is 78.8 cm³/mol. The highest BCUT2D eigenvalue weighted by molar-refractivity contribution is 7.97. The van der Waals surface area contributed by atoms with Crippen LogP contribution in [0.5, 0.6) is 0 Å². The van der Waals surface area contributed by atoms with Crippen molar-refractivity contribution in [3.8, 4) is 0 Å². The molecule has 3 rings (SSSR count). The van der Waals surface area contributed by atoms with Crippen LogP contribution in [0.15, 0.2) is 47.4 Å². The van der Waals surface area contributed by atoms with Gasteiger partial charge in [-0.25, -0.2) is 4.31 Å². The lowest BCUT2D eigenvalue weighted by Crippen LogP contribution is -2.27. The average Bonchev–Trinajstić information content (AvgIpc) is 2.86. The van der Waals surface area contributed by atoms with Gasteiger partial charge < -0.3 is 5.32 Å². The third kappa shape index (κ3) is 2.53. The highest BCUT2D eigenvalue weighted by atomic mass is 32.2. The predicted octanol–water partition coefficient (Wildman–Crippen LogP) is 3.14. The molecule has 0 amide bonds. The Morgan fingerprint density at radius 2 is 2.00 bits per heavy atom. The van der Waals surface area contributed by atoms with Crippen LogP contribution in [0.2, 0.25) is 0 Å². The summed E-state index contributed by atoms with van der Waals surface area (Å²) in [4.78, 5) is 1.34. The van der Waals surface area contributed by atoms with Gasteiger partial charge in [0.2, 0.25) is 0 Å². The van der Waals surface area contributed by atoms with Crippen molar-refractivity contribution in [3.63, 3.8) is 0 Å². The van der Waals surface area contributed by atoms with Gasteiger partial charge in [-0.05, 0) is 48.3 Å². The molecule has 3 heteroatoms. The van der Waals surface area contributed by atoms with E-state index >= 15 is 0 Å². The Balaban J connectivity index is 1.75. The molecule has 0 aromatic heterocycles. The molecule has 2 nitrogen and oxygen atoms in total. The molecule has 1 heterocycles. The van der Waals surface area contributed by atoms with E-state index in [2.05, 4.69) is 59.1 Å². The van der Waals surface area contributed by atoms with E-state index in [0.717, 1.165) is 6.54 Å². The van der Waals surface area contributed by atoms with Crippen LogP contribution in [0.4, 0.5) is 0 Å². The van der Waals surface area contributed by atoms with Gasteiger partial charge >= 0.3 is 0 Å². The monoisotopic (exact) mass is 258 g/mol. The number of likely N-dealkylation sites (N-methyl/N-ethyl adjacent to an activating group) is 1. The summed E-state index contributed by atoms with van der Waals surface area (Å²) in [6, 6.07) is 15.9. The molecule has 1 fully saturated rings. The lowest BCUT2D eigenvalue weighted by Gasteiger charge is -2.14. The van der Waals surface area contributed by atoms with Crippen molar-refractivity contribution in [1.29, 1.82) is 0 Å². The summed E-state index contributed by atoms with van der Waals surface area (Å²) < 4.78 is 2.45. The smallest absolute Gasteiger partial charge is 0.0247 e. The Kier molecular flexibility index (Phi) is 3.55. The molecule has 1 atom stereocenters. The fourth-order valence-electron chi connectivity index (χ4n) is 2.42. The molecule has 94 valence electrons. The molecule has 1 saturated heterocycles. The Hall–Kier alpha value is -1.03. The molecule has 0 spiro atoms. The van der Waals surface area contributed by atoms with Crippen LogP contribution >= 0.6 is 11.9 Å². The summed E-state index contributed by atoms with van der Waals surface area (Å²) in [7, 11) is 2.05. The molecule has 1 aliphatic heterocycles. The second-order valence-electron chi connectivity index (χ2n) is 4.76. The van der Waals surface area contributed by atoms with E-state index in [4.69, 9.17) is 0 Å². The molecule has 2 aromatic carbocycles. The first-order valence-corrected chi connectivity index (χ1v) is 7.21. The summed E-state index contributed by atoms with van der Waals surface area (Å²) in [5.74, 6) is 0. The van der Waals surface area contributed by atoms with E-state index in [0.29, 0.717) is 6.04 Å². The van der Waals surface area contributed by atoms with E-state index in [9.17, 15) is 0 Å².